The zero-order valence-electron chi connectivity index (χ0n) is 24.5. The minimum atomic E-state index is -4.10. The molecule has 4 aromatic rings. The smallest absolute Gasteiger partial charge is 0.407 e. The lowest BCUT2D eigenvalue weighted by Gasteiger charge is -2.35. The third-order valence-electron chi connectivity index (χ3n) is 7.16. The molecule has 1 N–H and O–H groups in total. The monoisotopic (exact) mass is 595 g/mol. The Labute approximate surface area is 245 Å². The fraction of sp³-hybridized carbons (Fsp3) is 0.400. The number of hydrogen-bond donors (Lipinski definition) is 1. The molecule has 0 bridgehead atoms. The van der Waals surface area contributed by atoms with Crippen LogP contribution >= 0.6 is 0 Å². The number of amides is 1. The highest BCUT2D eigenvalue weighted by Gasteiger charge is 2.36. The Morgan fingerprint density at radius 1 is 1.05 bits per heavy atom. The van der Waals surface area contributed by atoms with E-state index in [2.05, 4.69) is 10.1 Å². The lowest BCUT2D eigenvalue weighted by atomic mass is 10.1. The number of carbonyl (C=O) groups is 1. The number of nitrogens with zero attached hydrogens (tertiary/aromatic N) is 5. The first kappa shape index (κ1) is 30.9. The molecule has 1 atom stereocenters. The maximum Gasteiger partial charge on any atom is 0.407 e. The van der Waals surface area contributed by atoms with Gasteiger partial charge in [0.25, 0.3) is 11.3 Å². The van der Waals surface area contributed by atoms with Crippen molar-refractivity contribution in [2.45, 2.75) is 70.5 Å². The quantitative estimate of drug-likeness (QED) is 0.254. The molecule has 224 valence electrons. The molecular formula is C30H37N5O6S. The van der Waals surface area contributed by atoms with Crippen molar-refractivity contribution in [1.82, 2.24) is 23.9 Å². The Kier molecular flexibility index (Phi) is 9.17. The standard InChI is InChI=1S/C30H37N5O6S/c1-6-24(26-31-27-25(21(2)32-41-27)28(36)33(26)20-22-14-9-7-10-15-22)35(42(39,40)23-16-11-8-12-17-23)19-13-18-34(29(37)38)30(3,4)5/h7-12,14-17,24H,6,13,18-20H2,1-5H3,(H,37,38). The van der Waals surface area contributed by atoms with Crippen LogP contribution in [0.15, 0.2) is 74.9 Å². The molecule has 0 fully saturated rings. The molecule has 0 radical (unpaired) electrons. The number of aromatic nitrogens is 3. The van der Waals surface area contributed by atoms with E-state index in [0.29, 0.717) is 5.69 Å². The molecule has 42 heavy (non-hydrogen) atoms. The van der Waals surface area contributed by atoms with Crippen molar-refractivity contribution in [3.8, 4) is 0 Å². The van der Waals surface area contributed by atoms with Gasteiger partial charge in [0.05, 0.1) is 23.2 Å². The Balaban J connectivity index is 1.86. The highest BCUT2D eigenvalue weighted by atomic mass is 32.2. The minimum Gasteiger partial charge on any atom is -0.465 e. The number of hydrogen-bond acceptors (Lipinski definition) is 7. The van der Waals surface area contributed by atoms with Crippen molar-refractivity contribution in [3.05, 3.63) is 88.1 Å². The van der Waals surface area contributed by atoms with Gasteiger partial charge in [0.1, 0.15) is 11.2 Å². The minimum absolute atomic E-state index is 0.00965. The second-order valence-electron chi connectivity index (χ2n) is 11.1. The number of sulfonamides is 1. The predicted octanol–water partition coefficient (Wildman–Crippen LogP) is 5.05. The van der Waals surface area contributed by atoms with Crippen LogP contribution in [0.25, 0.3) is 11.1 Å². The van der Waals surface area contributed by atoms with E-state index in [1.165, 1.54) is 25.9 Å². The summed E-state index contributed by atoms with van der Waals surface area (Å²) in [5.41, 5.74) is 0.223. The van der Waals surface area contributed by atoms with Crippen molar-refractivity contribution in [2.75, 3.05) is 13.1 Å². The predicted molar refractivity (Wildman–Crippen MR) is 159 cm³/mol. The average Bonchev–Trinajstić information content (AvgIpc) is 3.32. The molecule has 2 aromatic carbocycles. The third-order valence-corrected chi connectivity index (χ3v) is 9.09. The molecule has 0 aliphatic heterocycles. The van der Waals surface area contributed by atoms with E-state index in [1.54, 1.807) is 45.9 Å². The summed E-state index contributed by atoms with van der Waals surface area (Å²) in [5.74, 6) is 0.223. The molecule has 2 aromatic heterocycles. The maximum atomic E-state index is 14.2. The Bertz CT molecular complexity index is 1700. The van der Waals surface area contributed by atoms with E-state index in [-0.39, 0.29) is 59.9 Å². The number of carboxylic acid groups (broad SMARTS) is 1. The fourth-order valence-corrected chi connectivity index (χ4v) is 6.77. The van der Waals surface area contributed by atoms with Gasteiger partial charge in [-0.05, 0) is 58.2 Å². The summed E-state index contributed by atoms with van der Waals surface area (Å²) in [5, 5.41) is 14.0. The van der Waals surface area contributed by atoms with Crippen LogP contribution in [0.4, 0.5) is 4.79 Å². The topological polar surface area (TPSA) is 139 Å². The zero-order chi connectivity index (χ0) is 30.7. The molecule has 1 unspecified atom stereocenters. The molecular weight excluding hydrogens is 558 g/mol. The van der Waals surface area contributed by atoms with Crippen LogP contribution in [0.2, 0.25) is 0 Å². The highest BCUT2D eigenvalue weighted by Crippen LogP contribution is 2.31. The summed E-state index contributed by atoms with van der Waals surface area (Å²) in [6, 6.07) is 16.5. The molecule has 1 amide bonds. The van der Waals surface area contributed by atoms with Gasteiger partial charge < -0.3 is 14.5 Å². The first-order valence-corrected chi connectivity index (χ1v) is 15.3. The molecule has 2 heterocycles. The second-order valence-corrected chi connectivity index (χ2v) is 13.0. The average molecular weight is 596 g/mol. The molecule has 0 saturated carbocycles. The maximum absolute atomic E-state index is 14.2. The van der Waals surface area contributed by atoms with Crippen LogP contribution in [0, 0.1) is 6.92 Å². The van der Waals surface area contributed by atoms with Crippen molar-refractivity contribution >= 4 is 27.2 Å². The van der Waals surface area contributed by atoms with Crippen LogP contribution in [-0.4, -0.2) is 62.2 Å². The second kappa shape index (κ2) is 12.5. The molecule has 11 nitrogen and oxygen atoms in total. The largest absolute Gasteiger partial charge is 0.465 e. The van der Waals surface area contributed by atoms with Gasteiger partial charge in [-0.25, -0.2) is 13.2 Å². The molecule has 0 aliphatic rings. The van der Waals surface area contributed by atoms with Crippen molar-refractivity contribution in [1.29, 1.82) is 0 Å². The lowest BCUT2D eigenvalue weighted by Crippen LogP contribution is -2.46. The number of aryl methyl sites for hydroxylation is 1. The summed E-state index contributed by atoms with van der Waals surface area (Å²) in [6.07, 6.45) is -0.580. The van der Waals surface area contributed by atoms with Crippen molar-refractivity contribution in [2.24, 2.45) is 0 Å². The number of benzene rings is 2. The van der Waals surface area contributed by atoms with Crippen LogP contribution in [-0.2, 0) is 16.6 Å². The first-order chi connectivity index (χ1) is 19.9. The summed E-state index contributed by atoms with van der Waals surface area (Å²) in [6.45, 7) is 9.11. The van der Waals surface area contributed by atoms with E-state index in [1.807, 2.05) is 37.3 Å². The molecule has 4 rings (SSSR count). The lowest BCUT2D eigenvalue weighted by molar-refractivity contribution is 0.0976. The Morgan fingerprint density at radius 3 is 2.24 bits per heavy atom. The van der Waals surface area contributed by atoms with Gasteiger partial charge in [-0.2, -0.15) is 9.29 Å². The van der Waals surface area contributed by atoms with E-state index in [9.17, 15) is 23.1 Å². The van der Waals surface area contributed by atoms with E-state index in [4.69, 9.17) is 4.52 Å². The van der Waals surface area contributed by atoms with Gasteiger partial charge in [0.2, 0.25) is 10.0 Å². The molecule has 12 heteroatoms. The molecule has 0 saturated heterocycles. The normalized spacial score (nSPS) is 13.0. The van der Waals surface area contributed by atoms with Gasteiger partial charge in [0.15, 0.2) is 0 Å². The van der Waals surface area contributed by atoms with Crippen molar-refractivity contribution in [3.63, 3.8) is 0 Å². The zero-order valence-corrected chi connectivity index (χ0v) is 25.3. The summed E-state index contributed by atoms with van der Waals surface area (Å²) in [4.78, 5) is 31.9. The van der Waals surface area contributed by atoms with Crippen LogP contribution in [0.1, 0.15) is 63.7 Å². The molecule has 0 aliphatic carbocycles. The van der Waals surface area contributed by atoms with E-state index in [0.717, 1.165) is 5.56 Å². The summed E-state index contributed by atoms with van der Waals surface area (Å²) in [7, 11) is -4.10. The number of rotatable bonds is 11. The van der Waals surface area contributed by atoms with Crippen molar-refractivity contribution < 1.29 is 22.8 Å². The Hall–Kier alpha value is -4.03. The van der Waals surface area contributed by atoms with Gasteiger partial charge in [-0.1, -0.05) is 60.6 Å². The van der Waals surface area contributed by atoms with E-state index < -0.39 is 27.7 Å². The van der Waals surface area contributed by atoms with Crippen LogP contribution in [0.3, 0.4) is 0 Å². The van der Waals surface area contributed by atoms with Gasteiger partial charge in [-0.15, -0.1) is 0 Å². The number of fused-ring (bicyclic) bond motifs is 1. The van der Waals surface area contributed by atoms with Crippen LogP contribution in [0.5, 0.6) is 0 Å². The Morgan fingerprint density at radius 2 is 1.67 bits per heavy atom. The fourth-order valence-electron chi connectivity index (χ4n) is 5.05. The van der Waals surface area contributed by atoms with Gasteiger partial charge in [-0.3, -0.25) is 9.36 Å². The summed E-state index contributed by atoms with van der Waals surface area (Å²) >= 11 is 0. The highest BCUT2D eigenvalue weighted by molar-refractivity contribution is 7.89. The van der Waals surface area contributed by atoms with Gasteiger partial charge in [0, 0.05) is 18.6 Å². The van der Waals surface area contributed by atoms with E-state index >= 15 is 0 Å². The van der Waals surface area contributed by atoms with Gasteiger partial charge >= 0.3 is 6.09 Å². The molecule has 0 spiro atoms. The summed E-state index contributed by atoms with van der Waals surface area (Å²) < 4.78 is 36.6. The third kappa shape index (κ3) is 6.39. The first-order valence-electron chi connectivity index (χ1n) is 13.8. The SMILES string of the molecule is CCC(c1nc2onc(C)c2c(=O)n1Cc1ccccc1)N(CCCN(C(=O)O)C(C)(C)C)S(=O)(=O)c1ccccc1. The van der Waals surface area contributed by atoms with Crippen LogP contribution < -0.4 is 5.56 Å².